The van der Waals surface area contributed by atoms with Crippen LogP contribution < -0.4 is 10.0 Å². The van der Waals surface area contributed by atoms with E-state index in [0.29, 0.717) is 43.2 Å². The Morgan fingerprint density at radius 3 is 2.86 bits per heavy atom. The molecule has 1 aromatic heterocycles. The molecular weight excluding hydrogens is 310 g/mol. The van der Waals surface area contributed by atoms with Crippen LogP contribution in [-0.2, 0) is 27.7 Å². The van der Waals surface area contributed by atoms with Gasteiger partial charge in [-0.3, -0.25) is 4.72 Å². The molecule has 0 unspecified atom stereocenters. The zero-order chi connectivity index (χ0) is 14.9. The van der Waals surface area contributed by atoms with Crippen molar-refractivity contribution in [3.05, 3.63) is 16.0 Å². The summed E-state index contributed by atoms with van der Waals surface area (Å²) in [6.45, 7) is 2.47. The van der Waals surface area contributed by atoms with Crippen LogP contribution in [0.25, 0.3) is 0 Å². The van der Waals surface area contributed by atoms with Gasteiger partial charge in [-0.1, -0.05) is 0 Å². The molecule has 0 atom stereocenters. The van der Waals surface area contributed by atoms with Crippen LogP contribution in [0.4, 0.5) is 5.00 Å². The second-order valence-electron chi connectivity index (χ2n) is 5.21. The second kappa shape index (κ2) is 5.93. The van der Waals surface area contributed by atoms with Crippen molar-refractivity contribution < 1.29 is 13.2 Å². The largest absolute Gasteiger partial charge is 0.381 e. The number of nitriles is 1. The van der Waals surface area contributed by atoms with E-state index in [4.69, 9.17) is 4.74 Å². The highest BCUT2D eigenvalue weighted by atomic mass is 32.2. The second-order valence-corrected chi connectivity index (χ2v) is 8.27. The molecule has 1 fully saturated rings. The summed E-state index contributed by atoms with van der Waals surface area (Å²) in [5, 5.41) is 12.6. The molecule has 0 spiro atoms. The Hall–Kier alpha value is -1.14. The van der Waals surface area contributed by atoms with Gasteiger partial charge >= 0.3 is 0 Å². The van der Waals surface area contributed by atoms with E-state index in [-0.39, 0.29) is 0 Å². The van der Waals surface area contributed by atoms with Crippen molar-refractivity contribution in [2.24, 2.45) is 0 Å². The van der Waals surface area contributed by atoms with E-state index in [9.17, 15) is 13.7 Å². The summed E-state index contributed by atoms with van der Waals surface area (Å²) in [6, 6.07) is 2.16. The van der Waals surface area contributed by atoms with Crippen molar-refractivity contribution in [1.82, 2.24) is 5.32 Å². The van der Waals surface area contributed by atoms with Gasteiger partial charge in [0.1, 0.15) is 11.1 Å². The summed E-state index contributed by atoms with van der Waals surface area (Å²) < 4.78 is 32.8. The maximum absolute atomic E-state index is 12.5. The molecule has 2 N–H and O–H groups in total. The summed E-state index contributed by atoms with van der Waals surface area (Å²) in [6.07, 6.45) is 1.78. The molecule has 0 bridgehead atoms. The molecule has 0 aliphatic carbocycles. The molecule has 3 heterocycles. The number of nitrogens with zero attached hydrogens (tertiary/aromatic N) is 1. The molecule has 21 heavy (non-hydrogen) atoms. The Labute approximate surface area is 128 Å². The fraction of sp³-hybridized carbons (Fsp3) is 0.615. The van der Waals surface area contributed by atoms with Crippen LogP contribution in [0.3, 0.4) is 0 Å². The standard InChI is InChI=1S/C13H17N3O3S2/c14-7-11-10-1-4-15-8-12(10)20-13(11)16-21(17,18)9-2-5-19-6-3-9/h9,15-16H,1-6,8H2. The molecule has 0 aromatic carbocycles. The predicted octanol–water partition coefficient (Wildman–Crippen LogP) is 1.19. The molecule has 1 aromatic rings. The molecular formula is C13H17N3O3S2. The number of sulfonamides is 1. The first-order chi connectivity index (χ1) is 10.1. The van der Waals surface area contributed by atoms with E-state index < -0.39 is 15.3 Å². The molecule has 0 radical (unpaired) electrons. The van der Waals surface area contributed by atoms with Gasteiger partial charge in [0, 0.05) is 24.6 Å². The van der Waals surface area contributed by atoms with E-state index in [0.717, 1.165) is 23.4 Å². The lowest BCUT2D eigenvalue weighted by Gasteiger charge is -2.22. The number of ether oxygens (including phenoxy) is 1. The topological polar surface area (TPSA) is 91.2 Å². The highest BCUT2D eigenvalue weighted by Gasteiger charge is 2.30. The van der Waals surface area contributed by atoms with Crippen LogP contribution in [0, 0.1) is 11.3 Å². The maximum atomic E-state index is 12.5. The number of fused-ring (bicyclic) bond motifs is 1. The minimum Gasteiger partial charge on any atom is -0.381 e. The number of hydrogen-bond donors (Lipinski definition) is 2. The number of nitrogens with one attached hydrogen (secondary N) is 2. The minimum atomic E-state index is -3.46. The maximum Gasteiger partial charge on any atom is 0.236 e. The molecule has 0 saturated carbocycles. The van der Waals surface area contributed by atoms with E-state index in [1.807, 2.05) is 0 Å². The molecule has 2 aliphatic rings. The third kappa shape index (κ3) is 2.92. The van der Waals surface area contributed by atoms with E-state index >= 15 is 0 Å². The van der Waals surface area contributed by atoms with Crippen molar-refractivity contribution in [1.29, 1.82) is 5.26 Å². The first-order valence-electron chi connectivity index (χ1n) is 6.96. The SMILES string of the molecule is N#Cc1c(NS(=O)(=O)C2CCOCC2)sc2c1CCNC2. The first kappa shape index (κ1) is 14.8. The van der Waals surface area contributed by atoms with Crippen LogP contribution in [0.1, 0.15) is 28.8 Å². The van der Waals surface area contributed by atoms with Crippen molar-refractivity contribution >= 4 is 26.4 Å². The quantitative estimate of drug-likeness (QED) is 0.870. The number of thiophene rings is 1. The first-order valence-corrected chi connectivity index (χ1v) is 9.33. The van der Waals surface area contributed by atoms with Crippen LogP contribution in [-0.4, -0.2) is 33.4 Å². The average Bonchev–Trinajstić information content (AvgIpc) is 2.84. The molecule has 1 saturated heterocycles. The van der Waals surface area contributed by atoms with Gasteiger partial charge in [0.2, 0.25) is 10.0 Å². The highest BCUT2D eigenvalue weighted by Crippen LogP contribution is 2.36. The summed E-state index contributed by atoms with van der Waals surface area (Å²) in [5.41, 5.74) is 1.48. The predicted molar refractivity (Wildman–Crippen MR) is 80.8 cm³/mol. The third-order valence-corrected chi connectivity index (χ3v) is 7.00. The van der Waals surface area contributed by atoms with Crippen molar-refractivity contribution in [2.75, 3.05) is 24.5 Å². The van der Waals surface area contributed by atoms with Crippen molar-refractivity contribution in [3.8, 4) is 6.07 Å². The Bertz CT molecular complexity index is 670. The van der Waals surface area contributed by atoms with Crippen molar-refractivity contribution in [3.63, 3.8) is 0 Å². The lowest BCUT2D eigenvalue weighted by molar-refractivity contribution is 0.0984. The van der Waals surface area contributed by atoms with Crippen LogP contribution in [0.5, 0.6) is 0 Å². The van der Waals surface area contributed by atoms with Crippen LogP contribution in [0.15, 0.2) is 0 Å². The Morgan fingerprint density at radius 2 is 2.14 bits per heavy atom. The fourth-order valence-electron chi connectivity index (χ4n) is 2.72. The van der Waals surface area contributed by atoms with E-state index in [1.165, 1.54) is 11.3 Å². The average molecular weight is 327 g/mol. The highest BCUT2D eigenvalue weighted by molar-refractivity contribution is 7.93. The van der Waals surface area contributed by atoms with Crippen LogP contribution >= 0.6 is 11.3 Å². The summed E-state index contributed by atoms with van der Waals surface area (Å²) in [5.74, 6) is 0. The molecule has 3 rings (SSSR count). The molecule has 8 heteroatoms. The Morgan fingerprint density at radius 1 is 1.38 bits per heavy atom. The summed E-state index contributed by atoms with van der Waals surface area (Å²) in [4.78, 5) is 1.06. The molecule has 114 valence electrons. The normalized spacial score (nSPS) is 19.8. The zero-order valence-corrected chi connectivity index (χ0v) is 13.1. The lowest BCUT2D eigenvalue weighted by atomic mass is 10.1. The Balaban J connectivity index is 1.87. The monoisotopic (exact) mass is 327 g/mol. The van der Waals surface area contributed by atoms with E-state index in [2.05, 4.69) is 16.1 Å². The van der Waals surface area contributed by atoms with Crippen molar-refractivity contribution in [2.45, 2.75) is 31.1 Å². The summed E-state index contributed by atoms with van der Waals surface area (Å²) >= 11 is 1.37. The van der Waals surface area contributed by atoms with Gasteiger partial charge in [-0.15, -0.1) is 11.3 Å². The van der Waals surface area contributed by atoms with Crippen LogP contribution in [0.2, 0.25) is 0 Å². The smallest absolute Gasteiger partial charge is 0.236 e. The fourth-order valence-corrected chi connectivity index (χ4v) is 5.60. The van der Waals surface area contributed by atoms with Gasteiger partial charge in [-0.25, -0.2) is 8.42 Å². The lowest BCUT2D eigenvalue weighted by Crippen LogP contribution is -2.33. The van der Waals surface area contributed by atoms with Gasteiger partial charge in [0.15, 0.2) is 0 Å². The van der Waals surface area contributed by atoms with Gasteiger partial charge in [-0.05, 0) is 31.4 Å². The third-order valence-electron chi connectivity index (χ3n) is 3.88. The Kier molecular flexibility index (Phi) is 4.17. The van der Waals surface area contributed by atoms with Gasteiger partial charge in [-0.2, -0.15) is 5.26 Å². The minimum absolute atomic E-state index is 0.435. The number of rotatable bonds is 3. The van der Waals surface area contributed by atoms with Gasteiger partial charge in [0.05, 0.1) is 10.8 Å². The molecule has 0 amide bonds. The van der Waals surface area contributed by atoms with Gasteiger partial charge in [0.25, 0.3) is 0 Å². The zero-order valence-electron chi connectivity index (χ0n) is 11.5. The number of anilines is 1. The molecule has 6 nitrogen and oxygen atoms in total. The molecule has 2 aliphatic heterocycles. The summed E-state index contributed by atoms with van der Waals surface area (Å²) in [7, 11) is -3.46. The number of hydrogen-bond acceptors (Lipinski definition) is 6. The van der Waals surface area contributed by atoms with Gasteiger partial charge < -0.3 is 10.1 Å². The van der Waals surface area contributed by atoms with E-state index in [1.54, 1.807) is 0 Å².